The summed E-state index contributed by atoms with van der Waals surface area (Å²) >= 11 is 0. The number of benzene rings is 3. The van der Waals surface area contributed by atoms with Gasteiger partial charge in [-0.1, -0.05) is 30.3 Å². The Morgan fingerprint density at radius 1 is 0.970 bits per heavy atom. The number of para-hydroxylation sites is 3. The van der Waals surface area contributed by atoms with Crippen molar-refractivity contribution in [2.24, 2.45) is 0 Å². The standard InChI is InChI=1S/C26H19N3O4/c30-24(14-13-20-15-18-5-1-4-8-23(18)33-20)27-19-11-9-17(10-12-19)26(32)29-16-25(31)28-21-6-2-3-7-22(21)29/h1-15H,16H2,(H,27,30)(H,28,31). The van der Waals surface area contributed by atoms with Gasteiger partial charge in [-0.25, -0.2) is 0 Å². The van der Waals surface area contributed by atoms with E-state index in [0.29, 0.717) is 28.4 Å². The van der Waals surface area contributed by atoms with Crippen molar-refractivity contribution in [3.05, 3.63) is 96.3 Å². The number of nitrogens with one attached hydrogen (secondary N) is 2. The average molecular weight is 437 g/mol. The maximum Gasteiger partial charge on any atom is 0.258 e. The lowest BCUT2D eigenvalue weighted by Gasteiger charge is -2.29. The molecule has 3 aromatic carbocycles. The maximum absolute atomic E-state index is 13.0. The van der Waals surface area contributed by atoms with Gasteiger partial charge < -0.3 is 15.1 Å². The Labute approximate surface area is 189 Å². The van der Waals surface area contributed by atoms with Crippen molar-refractivity contribution in [3.63, 3.8) is 0 Å². The zero-order valence-corrected chi connectivity index (χ0v) is 17.4. The van der Waals surface area contributed by atoms with Crippen molar-refractivity contribution in [3.8, 4) is 0 Å². The van der Waals surface area contributed by atoms with Gasteiger partial charge in [0.25, 0.3) is 5.91 Å². The minimum atomic E-state index is -0.323. The third-order valence-electron chi connectivity index (χ3n) is 5.26. The molecule has 162 valence electrons. The minimum Gasteiger partial charge on any atom is -0.457 e. The van der Waals surface area contributed by atoms with Gasteiger partial charge in [0.2, 0.25) is 11.8 Å². The molecule has 7 nitrogen and oxygen atoms in total. The molecule has 5 rings (SSSR count). The Morgan fingerprint density at radius 3 is 2.55 bits per heavy atom. The van der Waals surface area contributed by atoms with Gasteiger partial charge in [0.05, 0.1) is 11.4 Å². The van der Waals surface area contributed by atoms with E-state index in [1.807, 2.05) is 36.4 Å². The lowest BCUT2D eigenvalue weighted by atomic mass is 10.1. The molecule has 1 aromatic heterocycles. The first kappa shape index (κ1) is 20.3. The Hall–Kier alpha value is -4.65. The van der Waals surface area contributed by atoms with Gasteiger partial charge in [-0.05, 0) is 54.6 Å². The number of hydrogen-bond acceptors (Lipinski definition) is 4. The molecule has 2 heterocycles. The van der Waals surface area contributed by atoms with Crippen molar-refractivity contribution >= 4 is 51.8 Å². The molecule has 0 aliphatic carbocycles. The van der Waals surface area contributed by atoms with E-state index in [1.165, 1.54) is 11.0 Å². The first-order chi connectivity index (χ1) is 16.1. The number of amides is 3. The SMILES string of the molecule is O=C(C=Cc1cc2ccccc2o1)Nc1ccc(C(=O)N2CC(=O)Nc3ccccc32)cc1. The molecule has 33 heavy (non-hydrogen) atoms. The van der Waals surface area contributed by atoms with E-state index in [4.69, 9.17) is 4.42 Å². The molecule has 1 aliphatic rings. The van der Waals surface area contributed by atoms with E-state index in [0.717, 1.165) is 11.0 Å². The summed E-state index contributed by atoms with van der Waals surface area (Å²) in [6.07, 6.45) is 2.99. The Kier molecular flexibility index (Phi) is 5.20. The second-order valence-electron chi connectivity index (χ2n) is 7.54. The van der Waals surface area contributed by atoms with Crippen molar-refractivity contribution < 1.29 is 18.8 Å². The minimum absolute atomic E-state index is 0.0546. The van der Waals surface area contributed by atoms with Gasteiger partial charge in [-0.2, -0.15) is 0 Å². The smallest absolute Gasteiger partial charge is 0.258 e. The van der Waals surface area contributed by atoms with Gasteiger partial charge >= 0.3 is 0 Å². The van der Waals surface area contributed by atoms with Crippen LogP contribution < -0.4 is 15.5 Å². The molecule has 0 bridgehead atoms. The summed E-state index contributed by atoms with van der Waals surface area (Å²) in [6.45, 7) is -0.0546. The van der Waals surface area contributed by atoms with Crippen LogP contribution >= 0.6 is 0 Å². The lowest BCUT2D eigenvalue weighted by Crippen LogP contribution is -2.42. The maximum atomic E-state index is 13.0. The largest absolute Gasteiger partial charge is 0.457 e. The molecule has 1 aliphatic heterocycles. The van der Waals surface area contributed by atoms with Crippen LogP contribution in [0.2, 0.25) is 0 Å². The number of anilines is 3. The van der Waals surface area contributed by atoms with Crippen LogP contribution in [0.3, 0.4) is 0 Å². The van der Waals surface area contributed by atoms with Crippen LogP contribution in [0.1, 0.15) is 16.1 Å². The van der Waals surface area contributed by atoms with Gasteiger partial charge in [-0.3, -0.25) is 19.3 Å². The van der Waals surface area contributed by atoms with Crippen LogP contribution in [0, 0.1) is 0 Å². The highest BCUT2D eigenvalue weighted by molar-refractivity contribution is 6.15. The number of carbonyl (C=O) groups is 3. The molecular formula is C26H19N3O4. The first-order valence-electron chi connectivity index (χ1n) is 10.4. The summed E-state index contributed by atoms with van der Waals surface area (Å²) < 4.78 is 5.66. The Morgan fingerprint density at radius 2 is 1.73 bits per heavy atom. The van der Waals surface area contributed by atoms with Crippen LogP contribution in [0.15, 0.2) is 89.4 Å². The van der Waals surface area contributed by atoms with E-state index < -0.39 is 0 Å². The number of carbonyl (C=O) groups excluding carboxylic acids is 3. The second-order valence-corrected chi connectivity index (χ2v) is 7.54. The van der Waals surface area contributed by atoms with Gasteiger partial charge in [0, 0.05) is 22.7 Å². The van der Waals surface area contributed by atoms with Gasteiger partial charge in [0.1, 0.15) is 17.9 Å². The van der Waals surface area contributed by atoms with E-state index in [1.54, 1.807) is 48.5 Å². The molecular weight excluding hydrogens is 418 g/mol. The monoisotopic (exact) mass is 437 g/mol. The molecule has 0 atom stereocenters. The lowest BCUT2D eigenvalue weighted by molar-refractivity contribution is -0.115. The van der Waals surface area contributed by atoms with E-state index in [2.05, 4.69) is 10.6 Å². The number of hydrogen-bond donors (Lipinski definition) is 2. The second kappa shape index (κ2) is 8.47. The van der Waals surface area contributed by atoms with Crippen molar-refractivity contribution in [1.82, 2.24) is 0 Å². The van der Waals surface area contributed by atoms with Crippen LogP contribution in [-0.2, 0) is 9.59 Å². The van der Waals surface area contributed by atoms with Crippen molar-refractivity contribution in [2.75, 3.05) is 22.1 Å². The molecule has 3 amide bonds. The van der Waals surface area contributed by atoms with E-state index in [9.17, 15) is 14.4 Å². The molecule has 0 saturated carbocycles. The third-order valence-corrected chi connectivity index (χ3v) is 5.26. The predicted molar refractivity (Wildman–Crippen MR) is 127 cm³/mol. The normalized spacial score (nSPS) is 13.1. The first-order valence-corrected chi connectivity index (χ1v) is 10.4. The number of rotatable bonds is 4. The summed E-state index contributed by atoms with van der Waals surface area (Å²) in [5, 5.41) is 6.49. The van der Waals surface area contributed by atoms with Crippen LogP contribution in [0.5, 0.6) is 0 Å². The summed E-state index contributed by atoms with van der Waals surface area (Å²) in [7, 11) is 0. The van der Waals surface area contributed by atoms with Crippen molar-refractivity contribution in [2.45, 2.75) is 0 Å². The van der Waals surface area contributed by atoms with Gasteiger partial charge in [0.15, 0.2) is 0 Å². The Balaban J connectivity index is 1.26. The molecule has 0 unspecified atom stereocenters. The van der Waals surface area contributed by atoms with E-state index in [-0.39, 0.29) is 24.3 Å². The molecule has 0 spiro atoms. The number of nitrogens with zero attached hydrogens (tertiary/aromatic N) is 1. The molecule has 4 aromatic rings. The highest BCUT2D eigenvalue weighted by atomic mass is 16.3. The Bertz CT molecular complexity index is 1370. The summed E-state index contributed by atoms with van der Waals surface area (Å²) in [5.74, 6) is -0.281. The van der Waals surface area contributed by atoms with Crippen molar-refractivity contribution in [1.29, 1.82) is 0 Å². The average Bonchev–Trinajstić information content (AvgIpc) is 3.25. The summed E-state index contributed by atoms with van der Waals surface area (Å²) in [6, 6.07) is 23.2. The molecule has 7 heteroatoms. The summed E-state index contributed by atoms with van der Waals surface area (Å²) in [5.41, 5.74) is 2.96. The molecule has 0 saturated heterocycles. The fourth-order valence-electron chi connectivity index (χ4n) is 3.69. The molecule has 2 N–H and O–H groups in total. The highest BCUT2D eigenvalue weighted by Gasteiger charge is 2.27. The zero-order valence-electron chi connectivity index (χ0n) is 17.4. The molecule has 0 radical (unpaired) electrons. The van der Waals surface area contributed by atoms with Crippen LogP contribution in [0.25, 0.3) is 17.0 Å². The topological polar surface area (TPSA) is 91.7 Å². The van der Waals surface area contributed by atoms with Crippen LogP contribution in [0.4, 0.5) is 17.1 Å². The van der Waals surface area contributed by atoms with Crippen LogP contribution in [-0.4, -0.2) is 24.3 Å². The fourth-order valence-corrected chi connectivity index (χ4v) is 3.69. The zero-order chi connectivity index (χ0) is 22.8. The fraction of sp³-hybridized carbons (Fsp3) is 0.0385. The molecule has 0 fully saturated rings. The number of furan rings is 1. The van der Waals surface area contributed by atoms with E-state index >= 15 is 0 Å². The predicted octanol–water partition coefficient (Wildman–Crippen LogP) is 4.68. The third kappa shape index (κ3) is 4.24. The highest BCUT2D eigenvalue weighted by Crippen LogP contribution is 2.30. The van der Waals surface area contributed by atoms with Gasteiger partial charge in [-0.15, -0.1) is 0 Å². The summed E-state index contributed by atoms with van der Waals surface area (Å²) in [4.78, 5) is 38.7. The number of fused-ring (bicyclic) bond motifs is 2. The quantitative estimate of drug-likeness (QED) is 0.454.